The van der Waals surface area contributed by atoms with Crippen LogP contribution in [0.5, 0.6) is 0 Å². The molecule has 7 heteroatoms. The molecule has 0 saturated carbocycles. The number of nitrogens with one attached hydrogen (secondary N) is 2. The highest BCUT2D eigenvalue weighted by Crippen LogP contribution is 2.22. The molecule has 0 atom stereocenters. The van der Waals surface area contributed by atoms with Gasteiger partial charge in [0, 0.05) is 22.8 Å². The van der Waals surface area contributed by atoms with Crippen molar-refractivity contribution in [2.24, 2.45) is 0 Å². The minimum absolute atomic E-state index is 0.247. The van der Waals surface area contributed by atoms with Crippen molar-refractivity contribution in [1.29, 1.82) is 0 Å². The van der Waals surface area contributed by atoms with E-state index in [9.17, 15) is 8.42 Å². The Bertz CT molecular complexity index is 1440. The Morgan fingerprint density at radius 2 is 1.25 bits per heavy atom. The maximum atomic E-state index is 12.2. The number of fused-ring (bicyclic) bond motifs is 8. The second-order valence-electron chi connectivity index (χ2n) is 6.81. The van der Waals surface area contributed by atoms with E-state index in [1.165, 1.54) is 6.26 Å². The van der Waals surface area contributed by atoms with Crippen LogP contribution < -0.4 is 0 Å². The summed E-state index contributed by atoms with van der Waals surface area (Å²) in [6.07, 6.45) is 8.84. The predicted octanol–water partition coefficient (Wildman–Crippen LogP) is 4.06. The Kier molecular flexibility index (Phi) is 3.60. The lowest BCUT2D eigenvalue weighted by Gasteiger charge is -1.92. The molecule has 0 spiro atoms. The van der Waals surface area contributed by atoms with Crippen molar-refractivity contribution >= 4 is 56.2 Å². The maximum Gasteiger partial charge on any atom is 0.177 e. The van der Waals surface area contributed by atoms with Gasteiger partial charge in [0.05, 0.1) is 33.2 Å². The lowest BCUT2D eigenvalue weighted by atomic mass is 10.3. The molecule has 0 aliphatic carbocycles. The molecule has 3 aromatic rings. The molecule has 0 saturated heterocycles. The van der Waals surface area contributed by atoms with Crippen LogP contribution in [0.3, 0.4) is 0 Å². The summed E-state index contributed by atoms with van der Waals surface area (Å²) >= 11 is 0. The first-order chi connectivity index (χ1) is 13.4. The summed E-state index contributed by atoms with van der Waals surface area (Å²) in [5.41, 5.74) is 6.10. The molecular formula is C21H16N4O2S. The Balaban J connectivity index is 1.90. The molecule has 8 bridgehead atoms. The minimum Gasteiger partial charge on any atom is -0.355 e. The van der Waals surface area contributed by atoms with Gasteiger partial charge in [0.1, 0.15) is 0 Å². The van der Waals surface area contributed by atoms with Crippen LogP contribution in [0.15, 0.2) is 47.4 Å². The third kappa shape index (κ3) is 3.16. The van der Waals surface area contributed by atoms with E-state index in [1.807, 2.05) is 54.6 Å². The number of rotatable bonds is 1. The second-order valence-corrected chi connectivity index (χ2v) is 8.80. The monoisotopic (exact) mass is 388 g/mol. The molecule has 0 unspecified atom stereocenters. The van der Waals surface area contributed by atoms with E-state index >= 15 is 0 Å². The van der Waals surface area contributed by atoms with Gasteiger partial charge in [-0.3, -0.25) is 0 Å². The van der Waals surface area contributed by atoms with Crippen molar-refractivity contribution in [3.63, 3.8) is 0 Å². The van der Waals surface area contributed by atoms with Gasteiger partial charge in [0.2, 0.25) is 0 Å². The third-order valence-corrected chi connectivity index (χ3v) is 5.67. The fourth-order valence-electron chi connectivity index (χ4n) is 3.30. The van der Waals surface area contributed by atoms with E-state index in [0.717, 1.165) is 28.1 Å². The number of aromatic nitrogens is 4. The van der Waals surface area contributed by atoms with Gasteiger partial charge in [-0.2, -0.15) is 0 Å². The van der Waals surface area contributed by atoms with Crippen LogP contribution in [-0.4, -0.2) is 34.6 Å². The Morgan fingerprint density at radius 3 is 1.89 bits per heavy atom. The van der Waals surface area contributed by atoms with Gasteiger partial charge < -0.3 is 9.97 Å². The second kappa shape index (κ2) is 6.03. The summed E-state index contributed by atoms with van der Waals surface area (Å²) < 4.78 is 24.5. The zero-order valence-electron chi connectivity index (χ0n) is 15.0. The quantitative estimate of drug-likeness (QED) is 0.453. The van der Waals surface area contributed by atoms with Crippen molar-refractivity contribution in [1.82, 2.24) is 19.9 Å². The van der Waals surface area contributed by atoms with Gasteiger partial charge in [-0.1, -0.05) is 0 Å². The van der Waals surface area contributed by atoms with Crippen molar-refractivity contribution in [2.75, 3.05) is 6.26 Å². The van der Waals surface area contributed by atoms with Crippen LogP contribution in [0.2, 0.25) is 0 Å². The predicted molar refractivity (Wildman–Crippen MR) is 112 cm³/mol. The molecule has 0 aromatic carbocycles. The summed E-state index contributed by atoms with van der Waals surface area (Å²) in [6, 6.07) is 13.0. The average molecular weight is 388 g/mol. The van der Waals surface area contributed by atoms with Crippen LogP contribution in [-0.2, 0) is 9.84 Å². The van der Waals surface area contributed by atoms with Crippen LogP contribution in [0.1, 0.15) is 22.8 Å². The van der Waals surface area contributed by atoms with Gasteiger partial charge in [-0.15, -0.1) is 0 Å². The summed E-state index contributed by atoms with van der Waals surface area (Å²) in [4.78, 5) is 15.9. The molecule has 3 aromatic heterocycles. The fraction of sp³-hybridized carbons (Fsp3) is 0.0476. The number of H-pyrrole nitrogens is 2. The van der Waals surface area contributed by atoms with E-state index in [0.29, 0.717) is 16.7 Å². The molecule has 0 radical (unpaired) electrons. The van der Waals surface area contributed by atoms with Crippen LogP contribution >= 0.6 is 0 Å². The van der Waals surface area contributed by atoms with Crippen LogP contribution in [0.25, 0.3) is 46.4 Å². The molecule has 6 nitrogen and oxygen atoms in total. The van der Waals surface area contributed by atoms with Crippen LogP contribution in [0, 0.1) is 0 Å². The summed E-state index contributed by atoms with van der Waals surface area (Å²) in [6.45, 7) is 0. The number of aromatic amines is 2. The Morgan fingerprint density at radius 1 is 0.679 bits per heavy atom. The first kappa shape index (κ1) is 16.7. The highest BCUT2D eigenvalue weighted by atomic mass is 32.2. The molecule has 138 valence electrons. The minimum atomic E-state index is -3.39. The molecule has 28 heavy (non-hydrogen) atoms. The number of hydrogen-bond donors (Lipinski definition) is 2. The van der Waals surface area contributed by atoms with Crippen molar-refractivity contribution in [3.05, 3.63) is 65.2 Å². The van der Waals surface area contributed by atoms with Crippen LogP contribution in [0.4, 0.5) is 0 Å². The van der Waals surface area contributed by atoms with Gasteiger partial charge >= 0.3 is 0 Å². The average Bonchev–Trinajstić information content (AvgIpc) is 3.38. The molecule has 5 rings (SSSR count). The first-order valence-electron chi connectivity index (χ1n) is 8.71. The SMILES string of the molecule is CS(=O)(=O)c1cc2cc3ccc(cc4nc(cc5nc(cc1[nH]2)C=C5)C=C4)[nH]3. The lowest BCUT2D eigenvalue weighted by molar-refractivity contribution is 0.603. The number of hydrogen-bond acceptors (Lipinski definition) is 4. The smallest absolute Gasteiger partial charge is 0.177 e. The van der Waals surface area contributed by atoms with Crippen molar-refractivity contribution in [3.8, 4) is 0 Å². The molecule has 5 heterocycles. The summed E-state index contributed by atoms with van der Waals surface area (Å²) in [7, 11) is -3.39. The largest absolute Gasteiger partial charge is 0.355 e. The zero-order chi connectivity index (χ0) is 19.3. The van der Waals surface area contributed by atoms with E-state index in [1.54, 1.807) is 12.1 Å². The standard InChI is InChI=1S/C21H16N4O2S/c1-28(26,27)21-12-19-10-17-5-4-15(23-17)8-13-2-3-14(22-13)9-16-6-7-18(24-16)11-20(21)25-19/h2-12,23,25H,1H3. The topological polar surface area (TPSA) is 91.5 Å². The Hall–Kier alpha value is -3.45. The van der Waals surface area contributed by atoms with E-state index in [-0.39, 0.29) is 4.90 Å². The molecular weight excluding hydrogens is 372 g/mol. The van der Waals surface area contributed by atoms with Gasteiger partial charge in [-0.05, 0) is 66.8 Å². The fourth-order valence-corrected chi connectivity index (χ4v) is 4.15. The van der Waals surface area contributed by atoms with Crippen molar-refractivity contribution < 1.29 is 8.42 Å². The maximum absolute atomic E-state index is 12.2. The summed E-state index contributed by atoms with van der Waals surface area (Å²) in [5.74, 6) is 0. The molecule has 2 aliphatic rings. The zero-order valence-corrected chi connectivity index (χ0v) is 15.8. The third-order valence-electron chi connectivity index (χ3n) is 4.53. The van der Waals surface area contributed by atoms with E-state index in [2.05, 4.69) is 19.9 Å². The van der Waals surface area contributed by atoms with E-state index < -0.39 is 9.84 Å². The highest BCUT2D eigenvalue weighted by molar-refractivity contribution is 7.91. The molecule has 0 fully saturated rings. The number of nitrogens with zero attached hydrogens (tertiary/aromatic N) is 2. The van der Waals surface area contributed by atoms with Crippen molar-refractivity contribution in [2.45, 2.75) is 4.90 Å². The first-order valence-corrected chi connectivity index (χ1v) is 10.6. The lowest BCUT2D eigenvalue weighted by Crippen LogP contribution is -1.95. The van der Waals surface area contributed by atoms with E-state index in [4.69, 9.17) is 0 Å². The van der Waals surface area contributed by atoms with Gasteiger partial charge in [0.25, 0.3) is 0 Å². The van der Waals surface area contributed by atoms with Gasteiger partial charge in [-0.25, -0.2) is 18.4 Å². The number of sulfone groups is 1. The summed E-state index contributed by atoms with van der Waals surface area (Å²) in [5, 5.41) is 0. The molecule has 2 N–H and O–H groups in total. The van der Waals surface area contributed by atoms with Gasteiger partial charge in [0.15, 0.2) is 9.84 Å². The molecule has 0 amide bonds. The normalized spacial score (nSPS) is 13.2. The molecule has 2 aliphatic heterocycles. The highest BCUT2D eigenvalue weighted by Gasteiger charge is 2.13. The Labute approximate surface area is 161 Å².